The van der Waals surface area contributed by atoms with Crippen LogP contribution in [0.1, 0.15) is 32.8 Å². The molecule has 1 aromatic rings. The molecule has 1 atom stereocenters. The third-order valence-electron chi connectivity index (χ3n) is 2.75. The van der Waals surface area contributed by atoms with Crippen LogP contribution in [-0.2, 0) is 25.7 Å². The number of benzene rings is 1. The fourth-order valence-corrected chi connectivity index (χ4v) is 3.12. The van der Waals surface area contributed by atoms with Crippen LogP contribution in [-0.4, -0.2) is 40.5 Å². The van der Waals surface area contributed by atoms with E-state index in [2.05, 4.69) is 4.36 Å². The predicted molar refractivity (Wildman–Crippen MR) is 102 cm³/mol. The number of nitrogens with zero attached hydrogens (tertiary/aromatic N) is 1. The van der Waals surface area contributed by atoms with Crippen molar-refractivity contribution >= 4 is 21.5 Å². The Bertz CT molecular complexity index is 707. The molecule has 1 rings (SSSR count). The smallest absolute Gasteiger partial charge is 0.442 e. The largest absolute Gasteiger partial charge is 0.761 e. The summed E-state index contributed by atoms with van der Waals surface area (Å²) in [7, 11) is -2.90. The van der Waals surface area contributed by atoms with Crippen LogP contribution in [0.3, 0.4) is 0 Å². The maximum Gasteiger partial charge on any atom is 0.442 e. The zero-order valence-corrected chi connectivity index (χ0v) is 16.3. The van der Waals surface area contributed by atoms with Gasteiger partial charge in [0, 0.05) is 31.0 Å². The van der Waals surface area contributed by atoms with E-state index in [1.807, 2.05) is 0 Å². The normalized spacial score (nSPS) is 13.2. The molecule has 0 aromatic heterocycles. The quantitative estimate of drug-likeness (QED) is 0.408. The second-order valence-corrected chi connectivity index (χ2v) is 8.96. The van der Waals surface area contributed by atoms with Crippen LogP contribution in [0.25, 0.3) is 0 Å². The second-order valence-electron chi connectivity index (χ2n) is 6.57. The van der Waals surface area contributed by atoms with Crippen LogP contribution in [0.2, 0.25) is 0 Å². The lowest BCUT2D eigenvalue weighted by Crippen LogP contribution is -2.22. The molecule has 1 amide bonds. The molecule has 150 valence electrons. The Morgan fingerprint density at radius 1 is 1.35 bits per heavy atom. The van der Waals surface area contributed by atoms with Gasteiger partial charge in [-0.2, -0.15) is 0 Å². The molecular formula is C16H28N2O7S. The summed E-state index contributed by atoms with van der Waals surface area (Å²) in [4.78, 5) is 11.8. The first kappa shape index (κ1) is 24.1. The van der Waals surface area contributed by atoms with E-state index in [0.717, 1.165) is 0 Å². The van der Waals surface area contributed by atoms with E-state index in [9.17, 15) is 14.2 Å². The summed E-state index contributed by atoms with van der Waals surface area (Å²) in [5, 5.41) is 19.7. The lowest BCUT2D eigenvalue weighted by atomic mass is 10.2. The molecule has 0 aliphatic carbocycles. The van der Waals surface area contributed by atoms with Gasteiger partial charge in [-0.05, 0) is 38.5 Å². The van der Waals surface area contributed by atoms with E-state index in [4.69, 9.17) is 14.6 Å². The first-order valence-electron chi connectivity index (χ1n) is 7.73. The molecule has 0 fully saturated rings. The SMILES string of the molecule is CC(C)(C)OC(=O)N=S(C)(=O)Cc1cc(N[O-])cc(OCCCO)c1.[OH3+]. The Kier molecular flexibility index (Phi) is 9.57. The first-order valence-corrected chi connectivity index (χ1v) is 9.82. The summed E-state index contributed by atoms with van der Waals surface area (Å²) in [5.41, 5.74) is 1.80. The Morgan fingerprint density at radius 3 is 2.54 bits per heavy atom. The van der Waals surface area contributed by atoms with Crippen LogP contribution in [0.5, 0.6) is 5.75 Å². The van der Waals surface area contributed by atoms with E-state index in [1.54, 1.807) is 32.3 Å². The number of carbonyl (C=O) groups is 1. The van der Waals surface area contributed by atoms with Crippen molar-refractivity contribution in [3.63, 3.8) is 0 Å². The fraction of sp³-hybridized carbons (Fsp3) is 0.562. The van der Waals surface area contributed by atoms with Crippen molar-refractivity contribution in [2.75, 3.05) is 24.9 Å². The lowest BCUT2D eigenvalue weighted by molar-refractivity contribution is 0.0607. The Hall–Kier alpha value is -1.88. The van der Waals surface area contributed by atoms with Gasteiger partial charge in [-0.3, -0.25) is 0 Å². The van der Waals surface area contributed by atoms with Crippen LogP contribution in [0.4, 0.5) is 10.5 Å². The van der Waals surface area contributed by atoms with E-state index in [1.165, 1.54) is 18.4 Å². The summed E-state index contributed by atoms with van der Waals surface area (Å²) < 4.78 is 26.7. The van der Waals surface area contributed by atoms with Crippen molar-refractivity contribution in [2.45, 2.75) is 38.5 Å². The number of nitrogens with one attached hydrogen (secondary N) is 1. The lowest BCUT2D eigenvalue weighted by Gasteiger charge is -2.18. The van der Waals surface area contributed by atoms with Gasteiger partial charge >= 0.3 is 6.09 Å². The van der Waals surface area contributed by atoms with E-state index in [0.29, 0.717) is 17.7 Å². The van der Waals surface area contributed by atoms with Crippen molar-refractivity contribution in [1.29, 1.82) is 0 Å². The number of carbonyl (C=O) groups excluding carboxylic acids is 1. The van der Waals surface area contributed by atoms with Gasteiger partial charge in [-0.25, -0.2) is 9.00 Å². The standard InChI is InChI=1S/C16H25N2O6S.H2O/c1-16(2,3)24-15(20)18-25(4,22)11-12-8-13(17-21)10-14(9-12)23-7-5-6-19;/h8-10,17,19H,5-7,11H2,1-4H3;1H2/q-1;/p+1. The molecule has 5 N–H and O–H groups in total. The predicted octanol–water partition coefficient (Wildman–Crippen LogP) is 1.97. The number of aliphatic hydroxyl groups excluding tert-OH is 1. The van der Waals surface area contributed by atoms with Gasteiger partial charge in [0.25, 0.3) is 0 Å². The first-order chi connectivity index (χ1) is 11.5. The Labute approximate surface area is 153 Å². The van der Waals surface area contributed by atoms with Crippen LogP contribution >= 0.6 is 0 Å². The molecular weight excluding hydrogens is 364 g/mol. The van der Waals surface area contributed by atoms with Gasteiger partial charge in [-0.15, -0.1) is 4.36 Å². The molecule has 0 radical (unpaired) electrons. The van der Waals surface area contributed by atoms with Gasteiger partial charge in [0.1, 0.15) is 11.4 Å². The Balaban J connectivity index is 0.00000625. The second kappa shape index (κ2) is 10.3. The van der Waals surface area contributed by atoms with Crippen molar-refractivity contribution in [3.05, 3.63) is 29.0 Å². The van der Waals surface area contributed by atoms with Crippen molar-refractivity contribution in [3.8, 4) is 5.75 Å². The molecule has 26 heavy (non-hydrogen) atoms. The minimum absolute atomic E-state index is 0. The molecule has 0 bridgehead atoms. The molecule has 0 spiro atoms. The molecule has 10 heteroatoms. The van der Waals surface area contributed by atoms with Crippen molar-refractivity contribution < 1.29 is 29.1 Å². The topological polar surface area (TPSA) is 153 Å². The molecule has 1 unspecified atom stereocenters. The van der Waals surface area contributed by atoms with Gasteiger partial charge in [-0.1, -0.05) is 0 Å². The number of ether oxygens (including phenoxy) is 2. The molecule has 0 saturated heterocycles. The van der Waals surface area contributed by atoms with E-state index in [-0.39, 0.29) is 30.1 Å². The van der Waals surface area contributed by atoms with Crippen molar-refractivity contribution in [2.24, 2.45) is 4.36 Å². The number of hydrogen-bond donors (Lipinski definition) is 2. The Morgan fingerprint density at radius 2 is 2.00 bits per heavy atom. The van der Waals surface area contributed by atoms with E-state index < -0.39 is 21.4 Å². The van der Waals surface area contributed by atoms with Crippen LogP contribution in [0.15, 0.2) is 22.6 Å². The number of aliphatic hydroxyl groups is 1. The van der Waals surface area contributed by atoms with Crippen LogP contribution < -0.4 is 10.2 Å². The van der Waals surface area contributed by atoms with Crippen LogP contribution in [0, 0.1) is 5.21 Å². The minimum Gasteiger partial charge on any atom is -0.761 e. The average Bonchev–Trinajstić information content (AvgIpc) is 2.43. The van der Waals surface area contributed by atoms with Crippen molar-refractivity contribution in [1.82, 2.24) is 0 Å². The summed E-state index contributed by atoms with van der Waals surface area (Å²) in [6, 6.07) is 4.63. The molecule has 0 saturated carbocycles. The summed E-state index contributed by atoms with van der Waals surface area (Å²) in [6.07, 6.45) is 0.904. The highest BCUT2D eigenvalue weighted by atomic mass is 32.2. The molecule has 9 nitrogen and oxygen atoms in total. The monoisotopic (exact) mass is 392 g/mol. The average molecular weight is 392 g/mol. The third kappa shape index (κ3) is 9.56. The zero-order valence-electron chi connectivity index (χ0n) is 15.5. The summed E-state index contributed by atoms with van der Waals surface area (Å²) >= 11 is 0. The third-order valence-corrected chi connectivity index (χ3v) is 4.16. The number of amides is 1. The highest BCUT2D eigenvalue weighted by Gasteiger charge is 2.17. The maximum atomic E-state index is 12.6. The van der Waals surface area contributed by atoms with Gasteiger partial charge in [0.2, 0.25) is 0 Å². The summed E-state index contributed by atoms with van der Waals surface area (Å²) in [5.74, 6) is 0.356. The number of hydrogen-bond acceptors (Lipinski definition) is 7. The van der Waals surface area contributed by atoms with Gasteiger partial charge in [0.05, 0.1) is 22.1 Å². The highest BCUT2D eigenvalue weighted by Crippen LogP contribution is 2.23. The fourth-order valence-electron chi connectivity index (χ4n) is 1.92. The highest BCUT2D eigenvalue weighted by molar-refractivity contribution is 7.92. The zero-order chi connectivity index (χ0) is 19.1. The summed E-state index contributed by atoms with van der Waals surface area (Å²) in [6.45, 7) is 5.35. The maximum absolute atomic E-state index is 12.6. The number of anilines is 1. The minimum atomic E-state index is -2.90. The molecule has 0 aliphatic heterocycles. The van der Waals surface area contributed by atoms with E-state index >= 15 is 0 Å². The molecule has 0 heterocycles. The number of rotatable bonds is 7. The molecule has 0 aliphatic rings. The van der Waals surface area contributed by atoms with Gasteiger partial charge in [0.15, 0.2) is 0 Å². The molecule has 1 aromatic carbocycles. The van der Waals surface area contributed by atoms with Gasteiger partial charge < -0.3 is 30.7 Å².